The Bertz CT molecular complexity index is 161. The van der Waals surface area contributed by atoms with Gasteiger partial charge in [-0.1, -0.05) is 13.3 Å². The molecule has 2 nitrogen and oxygen atoms in total. The summed E-state index contributed by atoms with van der Waals surface area (Å²) in [5.74, 6) is 1.56. The highest BCUT2D eigenvalue weighted by molar-refractivity contribution is 6.27. The molecular weight excluding hydrogens is 174 g/mol. The molecule has 2 atom stereocenters. The molecule has 0 heterocycles. The fraction of sp³-hybridized carbons (Fsp3) is 0.889. The highest BCUT2D eigenvalue weighted by atomic mass is 35.5. The zero-order chi connectivity index (χ0) is 8.97. The van der Waals surface area contributed by atoms with Crippen LogP contribution >= 0.6 is 11.6 Å². The smallest absolute Gasteiger partial charge is 0.234 e. The zero-order valence-corrected chi connectivity index (χ0v) is 8.23. The topological polar surface area (TPSA) is 29.1 Å². The van der Waals surface area contributed by atoms with E-state index in [1.165, 1.54) is 19.3 Å². The van der Waals surface area contributed by atoms with Crippen molar-refractivity contribution < 1.29 is 4.79 Å². The number of carbonyl (C=O) groups excluding carboxylic acids is 1. The Morgan fingerprint density at radius 2 is 2.33 bits per heavy atom. The summed E-state index contributed by atoms with van der Waals surface area (Å²) in [6.07, 6.45) is 3.81. The molecule has 1 saturated carbocycles. The van der Waals surface area contributed by atoms with Crippen molar-refractivity contribution in [2.75, 3.05) is 12.4 Å². The molecule has 1 aliphatic carbocycles. The van der Waals surface area contributed by atoms with Crippen molar-refractivity contribution in [2.45, 2.75) is 26.2 Å². The fourth-order valence-electron chi connectivity index (χ4n) is 1.82. The van der Waals surface area contributed by atoms with Gasteiger partial charge < -0.3 is 5.32 Å². The largest absolute Gasteiger partial charge is 0.355 e. The maximum absolute atomic E-state index is 10.8. The summed E-state index contributed by atoms with van der Waals surface area (Å²) in [6.45, 7) is 3.08. The normalized spacial score (nSPS) is 28.8. The minimum atomic E-state index is -0.0452. The number of alkyl halides is 1. The molecule has 1 amide bonds. The summed E-state index contributed by atoms with van der Waals surface area (Å²) < 4.78 is 0. The molecule has 2 unspecified atom stereocenters. The lowest BCUT2D eigenvalue weighted by molar-refractivity contribution is -0.118. The lowest BCUT2D eigenvalue weighted by atomic mass is 10.1. The van der Waals surface area contributed by atoms with Gasteiger partial charge in [-0.05, 0) is 24.7 Å². The third kappa shape index (κ3) is 3.02. The van der Waals surface area contributed by atoms with Crippen molar-refractivity contribution >= 4 is 17.5 Å². The minimum absolute atomic E-state index is 0.0452. The van der Waals surface area contributed by atoms with Crippen LogP contribution in [0.2, 0.25) is 0 Å². The first-order chi connectivity index (χ1) is 5.72. The van der Waals surface area contributed by atoms with Crippen molar-refractivity contribution in [2.24, 2.45) is 11.8 Å². The van der Waals surface area contributed by atoms with Gasteiger partial charge in [0.15, 0.2) is 0 Å². The number of amides is 1. The van der Waals surface area contributed by atoms with Gasteiger partial charge in [-0.3, -0.25) is 4.79 Å². The predicted molar refractivity (Wildman–Crippen MR) is 50.2 cm³/mol. The van der Waals surface area contributed by atoms with Crippen molar-refractivity contribution in [3.05, 3.63) is 0 Å². The first kappa shape index (κ1) is 9.85. The SMILES string of the molecule is CC1CCC(CNC(=O)CCl)C1. The third-order valence-corrected chi connectivity index (χ3v) is 2.76. The van der Waals surface area contributed by atoms with Gasteiger partial charge in [-0.25, -0.2) is 0 Å². The number of carbonyl (C=O) groups is 1. The van der Waals surface area contributed by atoms with E-state index >= 15 is 0 Å². The second-order valence-corrected chi connectivity index (χ2v) is 3.99. The predicted octanol–water partition coefficient (Wildman–Crippen LogP) is 1.78. The first-order valence-electron chi connectivity index (χ1n) is 4.55. The van der Waals surface area contributed by atoms with Crippen LogP contribution in [0.4, 0.5) is 0 Å². The lowest BCUT2D eigenvalue weighted by Gasteiger charge is -2.09. The number of rotatable bonds is 3. The maximum Gasteiger partial charge on any atom is 0.234 e. The summed E-state index contributed by atoms with van der Waals surface area (Å²) in [5.41, 5.74) is 0. The number of nitrogens with one attached hydrogen (secondary N) is 1. The first-order valence-corrected chi connectivity index (χ1v) is 5.08. The van der Waals surface area contributed by atoms with Crippen molar-refractivity contribution in [1.82, 2.24) is 5.32 Å². The molecule has 70 valence electrons. The van der Waals surface area contributed by atoms with Crippen LogP contribution in [0.1, 0.15) is 26.2 Å². The van der Waals surface area contributed by atoms with E-state index in [-0.39, 0.29) is 11.8 Å². The van der Waals surface area contributed by atoms with Gasteiger partial charge >= 0.3 is 0 Å². The quantitative estimate of drug-likeness (QED) is 0.674. The van der Waals surface area contributed by atoms with Crippen LogP contribution in [-0.4, -0.2) is 18.3 Å². The molecule has 1 fully saturated rings. The fourth-order valence-corrected chi connectivity index (χ4v) is 1.91. The summed E-state index contributed by atoms with van der Waals surface area (Å²) in [5, 5.41) is 2.82. The van der Waals surface area contributed by atoms with Gasteiger partial charge in [0.1, 0.15) is 5.88 Å². The monoisotopic (exact) mass is 189 g/mol. The van der Waals surface area contributed by atoms with Gasteiger partial charge in [0, 0.05) is 6.54 Å². The van der Waals surface area contributed by atoms with E-state index < -0.39 is 0 Å². The molecule has 1 aliphatic rings. The van der Waals surface area contributed by atoms with E-state index in [1.807, 2.05) is 0 Å². The van der Waals surface area contributed by atoms with E-state index in [2.05, 4.69) is 12.2 Å². The molecule has 1 rings (SSSR count). The van der Waals surface area contributed by atoms with Gasteiger partial charge in [-0.2, -0.15) is 0 Å². The molecule has 0 aromatic rings. The highest BCUT2D eigenvalue weighted by Gasteiger charge is 2.21. The molecule has 0 radical (unpaired) electrons. The Hall–Kier alpha value is -0.240. The molecule has 0 spiro atoms. The molecule has 12 heavy (non-hydrogen) atoms. The van der Waals surface area contributed by atoms with E-state index in [4.69, 9.17) is 11.6 Å². The summed E-state index contributed by atoms with van der Waals surface area (Å²) in [6, 6.07) is 0. The molecule has 1 N–H and O–H groups in total. The second-order valence-electron chi connectivity index (χ2n) is 3.72. The van der Waals surface area contributed by atoms with Crippen LogP contribution < -0.4 is 5.32 Å². The van der Waals surface area contributed by atoms with Gasteiger partial charge in [0.25, 0.3) is 0 Å². The number of hydrogen-bond donors (Lipinski definition) is 1. The molecule has 0 aromatic heterocycles. The van der Waals surface area contributed by atoms with Gasteiger partial charge in [0.05, 0.1) is 0 Å². The van der Waals surface area contributed by atoms with Crippen LogP contribution in [0.3, 0.4) is 0 Å². The Kier molecular flexibility index (Phi) is 3.86. The minimum Gasteiger partial charge on any atom is -0.355 e. The Labute approximate surface area is 78.7 Å². The van der Waals surface area contributed by atoms with E-state index in [9.17, 15) is 4.79 Å². The standard InChI is InChI=1S/C9H16ClNO/c1-7-2-3-8(4-7)6-11-9(12)5-10/h7-8H,2-6H2,1H3,(H,11,12). The summed E-state index contributed by atoms with van der Waals surface area (Å²) in [7, 11) is 0. The van der Waals surface area contributed by atoms with Crippen molar-refractivity contribution in [3.63, 3.8) is 0 Å². The molecular formula is C9H16ClNO. The Balaban J connectivity index is 2.11. The Morgan fingerprint density at radius 1 is 1.58 bits per heavy atom. The summed E-state index contributed by atoms with van der Waals surface area (Å²) in [4.78, 5) is 10.8. The van der Waals surface area contributed by atoms with Crippen LogP contribution in [0.25, 0.3) is 0 Å². The molecule has 3 heteroatoms. The molecule has 0 saturated heterocycles. The molecule has 0 aromatic carbocycles. The van der Waals surface area contributed by atoms with Crippen molar-refractivity contribution in [1.29, 1.82) is 0 Å². The third-order valence-electron chi connectivity index (χ3n) is 2.51. The van der Waals surface area contributed by atoms with Crippen LogP contribution in [0.5, 0.6) is 0 Å². The second kappa shape index (κ2) is 4.70. The van der Waals surface area contributed by atoms with Crippen LogP contribution in [0, 0.1) is 11.8 Å². The Morgan fingerprint density at radius 3 is 2.83 bits per heavy atom. The number of halogens is 1. The maximum atomic E-state index is 10.8. The molecule has 0 aliphatic heterocycles. The summed E-state index contributed by atoms with van der Waals surface area (Å²) >= 11 is 5.35. The van der Waals surface area contributed by atoms with E-state index in [0.29, 0.717) is 5.92 Å². The van der Waals surface area contributed by atoms with Gasteiger partial charge in [0.2, 0.25) is 5.91 Å². The average molecular weight is 190 g/mol. The number of hydrogen-bond acceptors (Lipinski definition) is 1. The van der Waals surface area contributed by atoms with E-state index in [1.54, 1.807) is 0 Å². The highest BCUT2D eigenvalue weighted by Crippen LogP contribution is 2.29. The van der Waals surface area contributed by atoms with Crippen LogP contribution in [-0.2, 0) is 4.79 Å². The molecule has 0 bridgehead atoms. The zero-order valence-electron chi connectivity index (χ0n) is 7.48. The van der Waals surface area contributed by atoms with Gasteiger partial charge in [-0.15, -0.1) is 11.6 Å². The van der Waals surface area contributed by atoms with E-state index in [0.717, 1.165) is 12.5 Å². The van der Waals surface area contributed by atoms with Crippen molar-refractivity contribution in [3.8, 4) is 0 Å². The lowest BCUT2D eigenvalue weighted by Crippen LogP contribution is -2.29. The average Bonchev–Trinajstić information content (AvgIpc) is 2.47. The van der Waals surface area contributed by atoms with Crippen LogP contribution in [0.15, 0.2) is 0 Å².